The number of carbonyl (C=O) groups is 3. The fourth-order valence-electron chi connectivity index (χ4n) is 3.57. The van der Waals surface area contributed by atoms with Crippen LogP contribution >= 0.6 is 0 Å². The molecule has 3 amide bonds. The number of carbonyl (C=O) groups excluding carboxylic acids is 3. The number of hydrogen-bond acceptors (Lipinski definition) is 4. The smallest absolute Gasteiger partial charge is 0.321 e. The average molecular weight is 295 g/mol. The van der Waals surface area contributed by atoms with Gasteiger partial charge in [0.1, 0.15) is 5.78 Å². The van der Waals surface area contributed by atoms with Gasteiger partial charge in [0.25, 0.3) is 0 Å². The zero-order chi connectivity index (χ0) is 15.4. The molecule has 0 aromatic carbocycles. The Morgan fingerprint density at radius 2 is 2.00 bits per heavy atom. The summed E-state index contributed by atoms with van der Waals surface area (Å²) < 4.78 is 0. The molecule has 118 valence electrons. The van der Waals surface area contributed by atoms with E-state index in [1.54, 1.807) is 0 Å². The van der Waals surface area contributed by atoms with E-state index in [9.17, 15) is 14.4 Å². The van der Waals surface area contributed by atoms with E-state index in [0.717, 1.165) is 38.6 Å². The standard InChI is InChI=1S/C15H25N3O3/c1-10(14(20)17-15(21)16-2)18-9-4-3-7-12(18)11-6-5-8-13(11)19/h10-12H,3-9H2,1-2H3,(H2,16,17,20,21). The highest BCUT2D eigenvalue weighted by atomic mass is 16.2. The average Bonchev–Trinajstić information content (AvgIpc) is 2.92. The minimum Gasteiger partial charge on any atom is -0.341 e. The maximum absolute atomic E-state index is 12.2. The third-order valence-electron chi connectivity index (χ3n) is 4.75. The number of hydrogen-bond donors (Lipinski definition) is 2. The van der Waals surface area contributed by atoms with E-state index < -0.39 is 6.03 Å². The summed E-state index contributed by atoms with van der Waals surface area (Å²) in [6.45, 7) is 2.63. The van der Waals surface area contributed by atoms with Crippen molar-refractivity contribution in [2.45, 2.75) is 57.5 Å². The number of imide groups is 1. The van der Waals surface area contributed by atoms with E-state index in [1.165, 1.54) is 7.05 Å². The van der Waals surface area contributed by atoms with Crippen molar-refractivity contribution in [3.63, 3.8) is 0 Å². The molecule has 1 aliphatic heterocycles. The summed E-state index contributed by atoms with van der Waals surface area (Å²) in [6, 6.07) is -0.725. The molecular formula is C15H25N3O3. The molecular weight excluding hydrogens is 270 g/mol. The van der Waals surface area contributed by atoms with Crippen LogP contribution in [0.25, 0.3) is 0 Å². The van der Waals surface area contributed by atoms with Crippen LogP contribution in [-0.2, 0) is 9.59 Å². The van der Waals surface area contributed by atoms with E-state index in [1.807, 2.05) is 6.92 Å². The van der Waals surface area contributed by atoms with Crippen molar-refractivity contribution in [1.82, 2.24) is 15.5 Å². The molecule has 2 fully saturated rings. The number of nitrogens with zero attached hydrogens (tertiary/aromatic N) is 1. The first-order valence-corrected chi connectivity index (χ1v) is 7.85. The molecule has 2 rings (SSSR count). The quantitative estimate of drug-likeness (QED) is 0.816. The lowest BCUT2D eigenvalue weighted by atomic mass is 9.87. The van der Waals surface area contributed by atoms with Crippen LogP contribution in [0.4, 0.5) is 4.79 Å². The van der Waals surface area contributed by atoms with Crippen LogP contribution in [0, 0.1) is 5.92 Å². The molecule has 1 saturated heterocycles. The zero-order valence-electron chi connectivity index (χ0n) is 12.9. The molecule has 0 aromatic heterocycles. The second kappa shape index (κ2) is 7.02. The second-order valence-corrected chi connectivity index (χ2v) is 6.01. The Hall–Kier alpha value is -1.43. The van der Waals surface area contributed by atoms with E-state index in [-0.39, 0.29) is 23.9 Å². The van der Waals surface area contributed by atoms with Gasteiger partial charge >= 0.3 is 6.03 Å². The number of urea groups is 1. The topological polar surface area (TPSA) is 78.5 Å². The first-order chi connectivity index (χ1) is 10.0. The number of likely N-dealkylation sites (tertiary alicyclic amines) is 1. The lowest BCUT2D eigenvalue weighted by Crippen LogP contribution is -2.56. The largest absolute Gasteiger partial charge is 0.341 e. The minimum absolute atomic E-state index is 0.0700. The Kier molecular flexibility index (Phi) is 5.33. The second-order valence-electron chi connectivity index (χ2n) is 6.01. The fourth-order valence-corrected chi connectivity index (χ4v) is 3.57. The molecule has 1 heterocycles. The van der Waals surface area contributed by atoms with Crippen molar-refractivity contribution < 1.29 is 14.4 Å². The molecule has 3 unspecified atom stereocenters. The van der Waals surface area contributed by atoms with Gasteiger partial charge in [0.05, 0.1) is 6.04 Å². The first kappa shape index (κ1) is 15.9. The third kappa shape index (κ3) is 3.61. The number of ketones is 1. The van der Waals surface area contributed by atoms with Crippen LogP contribution in [0.2, 0.25) is 0 Å². The van der Waals surface area contributed by atoms with Crippen molar-refractivity contribution in [2.24, 2.45) is 5.92 Å². The first-order valence-electron chi connectivity index (χ1n) is 7.85. The summed E-state index contributed by atoms with van der Waals surface area (Å²) in [7, 11) is 1.48. The number of nitrogens with one attached hydrogen (secondary N) is 2. The van der Waals surface area contributed by atoms with E-state index in [2.05, 4.69) is 15.5 Å². The Morgan fingerprint density at radius 3 is 2.62 bits per heavy atom. The summed E-state index contributed by atoms with van der Waals surface area (Å²) >= 11 is 0. The third-order valence-corrected chi connectivity index (χ3v) is 4.75. The Morgan fingerprint density at radius 1 is 1.24 bits per heavy atom. The van der Waals surface area contributed by atoms with Crippen LogP contribution in [0.15, 0.2) is 0 Å². The molecule has 21 heavy (non-hydrogen) atoms. The summed E-state index contributed by atoms with van der Waals surface area (Å²) in [5.74, 6) is 0.109. The molecule has 1 saturated carbocycles. The molecule has 0 radical (unpaired) electrons. The molecule has 3 atom stereocenters. The van der Waals surface area contributed by atoms with Crippen LogP contribution in [0.1, 0.15) is 45.4 Å². The van der Waals surface area contributed by atoms with Gasteiger partial charge in [-0.2, -0.15) is 0 Å². The molecule has 0 bridgehead atoms. The molecule has 0 spiro atoms. The number of piperidine rings is 1. The van der Waals surface area contributed by atoms with Gasteiger partial charge in [0, 0.05) is 25.4 Å². The maximum atomic E-state index is 12.2. The Bertz CT molecular complexity index is 424. The minimum atomic E-state index is -0.489. The van der Waals surface area contributed by atoms with Crippen LogP contribution in [0.5, 0.6) is 0 Å². The van der Waals surface area contributed by atoms with E-state index in [4.69, 9.17) is 0 Å². The maximum Gasteiger partial charge on any atom is 0.321 e. The highest BCUT2D eigenvalue weighted by Gasteiger charge is 2.39. The van der Waals surface area contributed by atoms with Crippen molar-refractivity contribution in [3.8, 4) is 0 Å². The normalized spacial score (nSPS) is 28.2. The van der Waals surface area contributed by atoms with E-state index >= 15 is 0 Å². The van der Waals surface area contributed by atoms with Gasteiger partial charge in [-0.15, -0.1) is 0 Å². The van der Waals surface area contributed by atoms with Gasteiger partial charge < -0.3 is 5.32 Å². The fraction of sp³-hybridized carbons (Fsp3) is 0.800. The number of amides is 3. The molecule has 2 aliphatic rings. The van der Waals surface area contributed by atoms with Gasteiger partial charge in [-0.3, -0.25) is 19.8 Å². The monoisotopic (exact) mass is 295 g/mol. The van der Waals surface area contributed by atoms with Gasteiger partial charge in [-0.05, 0) is 39.2 Å². The van der Waals surface area contributed by atoms with Gasteiger partial charge in [0.2, 0.25) is 5.91 Å². The number of Topliss-reactive ketones (excluding diaryl/α,β-unsaturated/α-hetero) is 1. The molecule has 6 heteroatoms. The Balaban J connectivity index is 2.05. The van der Waals surface area contributed by atoms with Crippen molar-refractivity contribution in [1.29, 1.82) is 0 Å². The summed E-state index contributed by atoms with van der Waals surface area (Å²) in [6.07, 6.45) is 5.68. The van der Waals surface area contributed by atoms with Crippen molar-refractivity contribution in [2.75, 3.05) is 13.6 Å². The van der Waals surface area contributed by atoms with Crippen molar-refractivity contribution >= 4 is 17.7 Å². The molecule has 0 aromatic rings. The summed E-state index contributed by atoms with van der Waals surface area (Å²) in [4.78, 5) is 37.6. The molecule has 2 N–H and O–H groups in total. The van der Waals surface area contributed by atoms with Gasteiger partial charge in [-0.25, -0.2) is 4.79 Å². The van der Waals surface area contributed by atoms with E-state index in [0.29, 0.717) is 12.2 Å². The summed E-state index contributed by atoms with van der Waals surface area (Å²) in [5, 5.41) is 4.72. The molecule has 1 aliphatic carbocycles. The summed E-state index contributed by atoms with van der Waals surface area (Å²) in [5.41, 5.74) is 0. The lowest BCUT2D eigenvalue weighted by molar-refractivity contribution is -0.130. The van der Waals surface area contributed by atoms with Crippen LogP contribution < -0.4 is 10.6 Å². The van der Waals surface area contributed by atoms with Crippen molar-refractivity contribution in [3.05, 3.63) is 0 Å². The lowest BCUT2D eigenvalue weighted by Gasteiger charge is -2.41. The van der Waals surface area contributed by atoms with Crippen LogP contribution in [0.3, 0.4) is 0 Å². The van der Waals surface area contributed by atoms with Gasteiger partial charge in [-0.1, -0.05) is 6.42 Å². The highest BCUT2D eigenvalue weighted by molar-refractivity contribution is 5.96. The highest BCUT2D eigenvalue weighted by Crippen LogP contribution is 2.33. The SMILES string of the molecule is CNC(=O)NC(=O)C(C)N1CCCCC1C1CCCC1=O. The number of rotatable bonds is 3. The Labute approximate surface area is 125 Å². The predicted molar refractivity (Wildman–Crippen MR) is 78.8 cm³/mol. The predicted octanol–water partition coefficient (Wildman–Crippen LogP) is 1.05. The zero-order valence-corrected chi connectivity index (χ0v) is 12.9. The van der Waals surface area contributed by atoms with Crippen LogP contribution in [-0.4, -0.2) is 48.3 Å². The van der Waals surface area contributed by atoms with Gasteiger partial charge in [0.15, 0.2) is 0 Å². The molecule has 6 nitrogen and oxygen atoms in total.